The summed E-state index contributed by atoms with van der Waals surface area (Å²) in [4.78, 5) is 19.0. The van der Waals surface area contributed by atoms with E-state index >= 15 is 0 Å². The normalized spacial score (nSPS) is 11.7. The minimum Gasteiger partial charge on any atom is -0.324 e. The zero-order valence-corrected chi connectivity index (χ0v) is 15.4. The van der Waals surface area contributed by atoms with E-state index < -0.39 is 0 Å². The van der Waals surface area contributed by atoms with Crippen molar-refractivity contribution in [1.82, 2.24) is 4.98 Å². The zero-order chi connectivity index (χ0) is 17.5. The second kappa shape index (κ2) is 8.74. The highest BCUT2D eigenvalue weighted by Gasteiger charge is 2.16. The number of nitrogens with zero attached hydrogens (tertiary/aromatic N) is 1. The molecule has 1 unspecified atom stereocenters. The largest absolute Gasteiger partial charge is 0.324 e. The van der Waals surface area contributed by atoms with Crippen LogP contribution in [-0.2, 0) is 4.79 Å². The van der Waals surface area contributed by atoms with Gasteiger partial charge in [0.05, 0.1) is 16.0 Å². The van der Waals surface area contributed by atoms with Crippen LogP contribution in [0.5, 0.6) is 0 Å². The average Bonchev–Trinajstić information content (AvgIpc) is 2.65. The molecule has 3 aromatic rings. The van der Waals surface area contributed by atoms with Gasteiger partial charge < -0.3 is 5.32 Å². The lowest BCUT2D eigenvalue weighted by atomic mass is 10.3. The Kier molecular flexibility index (Phi) is 6.14. The number of hydrogen-bond acceptors (Lipinski definition) is 4. The number of carbonyl (C=O) groups excluding carboxylic acids is 1. The Balaban J connectivity index is 1.69. The molecule has 1 heterocycles. The molecule has 0 saturated heterocycles. The predicted octanol–water partition coefficient (Wildman–Crippen LogP) is 5.35. The number of aromatic nitrogens is 1. The van der Waals surface area contributed by atoms with Gasteiger partial charge in [0, 0.05) is 16.0 Å². The van der Waals surface area contributed by atoms with Crippen molar-refractivity contribution in [2.75, 3.05) is 5.32 Å². The van der Waals surface area contributed by atoms with Crippen molar-refractivity contribution >= 4 is 35.1 Å². The lowest BCUT2D eigenvalue weighted by Gasteiger charge is -2.14. The fourth-order valence-corrected chi connectivity index (χ4v) is 3.89. The summed E-state index contributed by atoms with van der Waals surface area (Å²) in [5.74, 6) is -0.0308. The van der Waals surface area contributed by atoms with Crippen LogP contribution in [-0.4, -0.2) is 16.1 Å². The van der Waals surface area contributed by atoms with E-state index in [0.29, 0.717) is 0 Å². The third-order valence-electron chi connectivity index (χ3n) is 3.42. The second-order valence-electron chi connectivity index (χ2n) is 5.33. The van der Waals surface area contributed by atoms with Gasteiger partial charge >= 0.3 is 0 Å². The number of para-hydroxylation sites is 1. The molecule has 3 nitrogen and oxygen atoms in total. The van der Waals surface area contributed by atoms with Gasteiger partial charge in [-0.1, -0.05) is 59.9 Å². The van der Waals surface area contributed by atoms with Crippen molar-refractivity contribution in [1.29, 1.82) is 0 Å². The van der Waals surface area contributed by atoms with Crippen molar-refractivity contribution < 1.29 is 4.79 Å². The maximum atomic E-state index is 12.6. The van der Waals surface area contributed by atoms with Crippen LogP contribution in [0.15, 0.2) is 93.8 Å². The Morgan fingerprint density at radius 1 is 0.960 bits per heavy atom. The molecule has 0 aliphatic rings. The lowest BCUT2D eigenvalue weighted by Crippen LogP contribution is -2.22. The van der Waals surface area contributed by atoms with Crippen LogP contribution >= 0.6 is 23.5 Å². The highest BCUT2D eigenvalue weighted by Crippen LogP contribution is 2.33. The summed E-state index contributed by atoms with van der Waals surface area (Å²) >= 11 is 3.09. The van der Waals surface area contributed by atoms with Crippen LogP contribution in [0.2, 0.25) is 0 Å². The molecule has 126 valence electrons. The van der Waals surface area contributed by atoms with Crippen LogP contribution in [0.3, 0.4) is 0 Å². The number of carbonyl (C=O) groups is 1. The van der Waals surface area contributed by atoms with Gasteiger partial charge in [-0.2, -0.15) is 0 Å². The smallest absolute Gasteiger partial charge is 0.237 e. The minimum absolute atomic E-state index is 0.0308. The molecule has 0 aliphatic carbocycles. The maximum absolute atomic E-state index is 12.6. The van der Waals surface area contributed by atoms with Crippen molar-refractivity contribution in [3.63, 3.8) is 0 Å². The molecule has 5 heteroatoms. The van der Waals surface area contributed by atoms with Gasteiger partial charge in [-0.25, -0.2) is 4.98 Å². The number of thioether (sulfide) groups is 1. The second-order valence-corrected chi connectivity index (χ2v) is 7.81. The number of benzene rings is 2. The number of hydrogen-bond donors (Lipinski definition) is 1. The summed E-state index contributed by atoms with van der Waals surface area (Å²) in [7, 11) is 0. The first-order valence-corrected chi connectivity index (χ1v) is 9.62. The number of amides is 1. The van der Waals surface area contributed by atoms with Crippen molar-refractivity contribution in [2.45, 2.75) is 27.0 Å². The molecule has 3 rings (SSSR count). The Hall–Kier alpha value is -2.24. The molecule has 0 saturated carbocycles. The van der Waals surface area contributed by atoms with Crippen LogP contribution in [0.1, 0.15) is 6.92 Å². The zero-order valence-electron chi connectivity index (χ0n) is 13.8. The Bertz CT molecular complexity index is 825. The van der Waals surface area contributed by atoms with Gasteiger partial charge in [0.1, 0.15) is 0 Å². The first-order chi connectivity index (χ1) is 12.2. The molecule has 1 amide bonds. The monoisotopic (exact) mass is 366 g/mol. The summed E-state index contributed by atoms with van der Waals surface area (Å²) in [5.41, 5.74) is 0.829. The summed E-state index contributed by atoms with van der Waals surface area (Å²) in [6.07, 6.45) is 1.73. The van der Waals surface area contributed by atoms with E-state index in [-0.39, 0.29) is 11.2 Å². The molecule has 25 heavy (non-hydrogen) atoms. The topological polar surface area (TPSA) is 42.0 Å². The quantitative estimate of drug-likeness (QED) is 0.597. The molecular weight excluding hydrogens is 348 g/mol. The third-order valence-corrected chi connectivity index (χ3v) is 5.55. The van der Waals surface area contributed by atoms with Gasteiger partial charge in [-0.15, -0.1) is 0 Å². The highest BCUT2D eigenvalue weighted by atomic mass is 32.2. The SMILES string of the molecule is CC(Sc1ccccn1)C(=O)Nc1ccccc1Sc1ccccc1. The Morgan fingerprint density at radius 2 is 1.68 bits per heavy atom. The van der Waals surface area contributed by atoms with Crippen molar-refractivity contribution in [3.05, 3.63) is 79.0 Å². The maximum Gasteiger partial charge on any atom is 0.237 e. The first kappa shape index (κ1) is 17.6. The number of rotatable bonds is 6. The molecule has 1 N–H and O–H groups in total. The molecule has 1 aromatic heterocycles. The molecule has 0 spiro atoms. The van der Waals surface area contributed by atoms with Crippen LogP contribution < -0.4 is 5.32 Å². The summed E-state index contributed by atoms with van der Waals surface area (Å²) in [6.45, 7) is 1.89. The first-order valence-electron chi connectivity index (χ1n) is 7.93. The molecule has 2 aromatic carbocycles. The molecule has 0 bridgehead atoms. The van der Waals surface area contributed by atoms with E-state index in [4.69, 9.17) is 0 Å². The van der Waals surface area contributed by atoms with Crippen molar-refractivity contribution in [3.8, 4) is 0 Å². The van der Waals surface area contributed by atoms with Gasteiger partial charge in [0.15, 0.2) is 0 Å². The standard InChI is InChI=1S/C20H18N2OS2/c1-15(24-19-13-7-8-14-21-19)20(23)22-17-11-5-6-12-18(17)25-16-9-3-2-4-10-16/h2-15H,1H3,(H,22,23). The van der Waals surface area contributed by atoms with E-state index in [2.05, 4.69) is 22.4 Å². The number of pyridine rings is 1. The fraction of sp³-hybridized carbons (Fsp3) is 0.100. The molecule has 1 atom stereocenters. The third kappa shape index (κ3) is 5.11. The van der Waals surface area contributed by atoms with Gasteiger partial charge in [0.25, 0.3) is 0 Å². The lowest BCUT2D eigenvalue weighted by molar-refractivity contribution is -0.115. The molecular formula is C20H18N2OS2. The minimum atomic E-state index is -0.232. The van der Waals surface area contributed by atoms with E-state index in [1.54, 1.807) is 18.0 Å². The van der Waals surface area contributed by atoms with Gasteiger partial charge in [0.2, 0.25) is 5.91 Å². The summed E-state index contributed by atoms with van der Waals surface area (Å²) in [5, 5.41) is 3.66. The van der Waals surface area contributed by atoms with Gasteiger partial charge in [-0.3, -0.25) is 4.79 Å². The Labute approximate surface area is 156 Å². The summed E-state index contributed by atoms with van der Waals surface area (Å²) in [6, 6.07) is 23.7. The van der Waals surface area contributed by atoms with E-state index in [9.17, 15) is 4.79 Å². The highest BCUT2D eigenvalue weighted by molar-refractivity contribution is 8.00. The molecule has 0 radical (unpaired) electrons. The van der Waals surface area contributed by atoms with Crippen LogP contribution in [0.25, 0.3) is 0 Å². The number of nitrogens with one attached hydrogen (secondary N) is 1. The molecule has 0 aliphatic heterocycles. The van der Waals surface area contributed by atoms with Crippen molar-refractivity contribution in [2.24, 2.45) is 0 Å². The predicted molar refractivity (Wildman–Crippen MR) is 105 cm³/mol. The number of anilines is 1. The van der Waals surface area contributed by atoms with E-state index in [1.807, 2.05) is 67.6 Å². The summed E-state index contributed by atoms with van der Waals surface area (Å²) < 4.78 is 0. The van der Waals surface area contributed by atoms with E-state index in [1.165, 1.54) is 11.8 Å². The van der Waals surface area contributed by atoms with E-state index in [0.717, 1.165) is 20.5 Å². The van der Waals surface area contributed by atoms with Gasteiger partial charge in [-0.05, 0) is 43.3 Å². The van der Waals surface area contributed by atoms with Crippen LogP contribution in [0.4, 0.5) is 5.69 Å². The Morgan fingerprint density at radius 3 is 2.44 bits per heavy atom. The average molecular weight is 367 g/mol. The molecule has 0 fully saturated rings. The van der Waals surface area contributed by atoms with Crippen LogP contribution in [0, 0.1) is 0 Å². The fourth-order valence-electron chi connectivity index (χ4n) is 2.16.